The minimum absolute atomic E-state index is 0.0152. The first-order chi connectivity index (χ1) is 17.1. The molecule has 0 aliphatic carbocycles. The van der Waals surface area contributed by atoms with Gasteiger partial charge in [0.15, 0.2) is 11.6 Å². The molecule has 1 N–H and O–H groups in total. The Kier molecular flexibility index (Phi) is 6.72. The minimum Gasteiger partial charge on any atom is -0.494 e. The van der Waals surface area contributed by atoms with Crippen molar-refractivity contribution in [1.82, 2.24) is 9.80 Å². The van der Waals surface area contributed by atoms with E-state index in [-0.39, 0.29) is 36.1 Å². The van der Waals surface area contributed by atoms with E-state index in [1.807, 2.05) is 32.0 Å². The number of likely N-dealkylation sites (N-methyl/N-ethyl adjacent to an activating group) is 1. The highest BCUT2D eigenvalue weighted by Gasteiger charge is 2.59. The molecule has 2 aromatic carbocycles. The van der Waals surface area contributed by atoms with E-state index < -0.39 is 35.3 Å². The first-order valence-corrected chi connectivity index (χ1v) is 11.8. The second kappa shape index (κ2) is 9.61. The number of hydrogen-bond acceptors (Lipinski definition) is 4. The fraction of sp³-hybridized carbons (Fsp3) is 0.407. The number of nitrogens with one attached hydrogen (secondary N) is 1. The van der Waals surface area contributed by atoms with Crippen molar-refractivity contribution in [1.29, 1.82) is 0 Å². The third-order valence-electron chi connectivity index (χ3n) is 7.05. The molecule has 2 heterocycles. The number of methoxy groups -OCH3 is 1. The van der Waals surface area contributed by atoms with E-state index in [0.29, 0.717) is 12.1 Å². The molecule has 2 aliphatic rings. The molecule has 2 aliphatic heterocycles. The van der Waals surface area contributed by atoms with Crippen LogP contribution in [0.2, 0.25) is 0 Å². The van der Waals surface area contributed by atoms with Gasteiger partial charge in [-0.3, -0.25) is 24.1 Å². The molecule has 1 spiro atoms. The lowest BCUT2D eigenvalue weighted by molar-refractivity contribution is -0.136. The second-order valence-electron chi connectivity index (χ2n) is 9.77. The average Bonchev–Trinajstić information content (AvgIpc) is 3.39. The zero-order valence-corrected chi connectivity index (χ0v) is 20.7. The maximum absolute atomic E-state index is 14.3. The molecule has 3 atom stereocenters. The fourth-order valence-corrected chi connectivity index (χ4v) is 5.16. The SMILES string of the molecule is [C-]#[N+][C@@H]1C[C@@]2(CN1C(=O)[C@H](CC(C)C)N(C)C(=O)c1ccc(OC)c(F)c1)C(=O)Nc1ccccc12. The van der Waals surface area contributed by atoms with Crippen molar-refractivity contribution in [3.8, 4) is 5.75 Å². The molecule has 2 aromatic rings. The highest BCUT2D eigenvalue weighted by Crippen LogP contribution is 2.47. The highest BCUT2D eigenvalue weighted by molar-refractivity contribution is 6.07. The van der Waals surface area contributed by atoms with Gasteiger partial charge in [0.25, 0.3) is 11.8 Å². The predicted molar refractivity (Wildman–Crippen MR) is 132 cm³/mol. The summed E-state index contributed by atoms with van der Waals surface area (Å²) in [6.45, 7) is 11.7. The Bertz CT molecular complexity index is 1260. The molecule has 1 saturated heterocycles. The van der Waals surface area contributed by atoms with Crippen molar-refractivity contribution in [2.45, 2.75) is 44.3 Å². The van der Waals surface area contributed by atoms with Gasteiger partial charge in [-0.2, -0.15) is 0 Å². The molecule has 4 rings (SSSR count). The number of halogens is 1. The maximum atomic E-state index is 14.3. The number of para-hydroxylation sites is 1. The van der Waals surface area contributed by atoms with E-state index in [9.17, 15) is 18.8 Å². The Morgan fingerprint density at radius 2 is 2.03 bits per heavy atom. The molecule has 0 bridgehead atoms. The summed E-state index contributed by atoms with van der Waals surface area (Å²) in [7, 11) is 2.84. The first kappa shape index (κ1) is 25.2. The van der Waals surface area contributed by atoms with Crippen molar-refractivity contribution in [3.63, 3.8) is 0 Å². The molecule has 8 nitrogen and oxygen atoms in total. The number of hydrogen-bond donors (Lipinski definition) is 1. The quantitative estimate of drug-likeness (QED) is 0.624. The zero-order valence-electron chi connectivity index (χ0n) is 20.7. The normalized spacial score (nSPS) is 21.2. The summed E-state index contributed by atoms with van der Waals surface area (Å²) in [5, 5.41) is 2.88. The van der Waals surface area contributed by atoms with Gasteiger partial charge in [0.05, 0.1) is 13.5 Å². The summed E-state index contributed by atoms with van der Waals surface area (Å²) in [6, 6.07) is 10.3. The van der Waals surface area contributed by atoms with Gasteiger partial charge >= 0.3 is 6.17 Å². The first-order valence-electron chi connectivity index (χ1n) is 11.8. The number of rotatable bonds is 6. The van der Waals surface area contributed by atoms with E-state index in [1.165, 1.54) is 36.1 Å². The van der Waals surface area contributed by atoms with Crippen LogP contribution in [0.4, 0.5) is 10.1 Å². The lowest BCUT2D eigenvalue weighted by atomic mass is 9.80. The van der Waals surface area contributed by atoms with Crippen LogP contribution in [0.15, 0.2) is 42.5 Å². The molecule has 36 heavy (non-hydrogen) atoms. The molecular formula is C27H29FN4O4. The van der Waals surface area contributed by atoms with Crippen LogP contribution in [-0.2, 0) is 15.0 Å². The van der Waals surface area contributed by atoms with Crippen molar-refractivity contribution < 1.29 is 23.5 Å². The molecule has 0 unspecified atom stereocenters. The Balaban J connectivity index is 1.65. The summed E-state index contributed by atoms with van der Waals surface area (Å²) < 4.78 is 19.2. The van der Waals surface area contributed by atoms with Crippen LogP contribution in [-0.4, -0.2) is 60.4 Å². The number of nitrogens with zero attached hydrogens (tertiary/aromatic N) is 3. The van der Waals surface area contributed by atoms with Crippen LogP contribution in [0.1, 0.15) is 42.6 Å². The van der Waals surface area contributed by atoms with E-state index in [1.54, 1.807) is 6.07 Å². The number of likely N-dealkylation sites (tertiary alicyclic amines) is 1. The van der Waals surface area contributed by atoms with E-state index in [0.717, 1.165) is 11.6 Å². The number of ether oxygens (including phenoxy) is 1. The van der Waals surface area contributed by atoms with Gasteiger partial charge < -0.3 is 15.0 Å². The summed E-state index contributed by atoms with van der Waals surface area (Å²) in [6.07, 6.45) is -0.316. The summed E-state index contributed by atoms with van der Waals surface area (Å²) in [4.78, 5) is 46.7. The van der Waals surface area contributed by atoms with E-state index in [2.05, 4.69) is 10.2 Å². The van der Waals surface area contributed by atoms with Gasteiger partial charge in [0.1, 0.15) is 11.5 Å². The Labute approximate surface area is 209 Å². The van der Waals surface area contributed by atoms with Crippen molar-refractivity contribution in [2.24, 2.45) is 5.92 Å². The maximum Gasteiger partial charge on any atom is 0.302 e. The number of carbonyl (C=O) groups excluding carboxylic acids is 3. The molecular weight excluding hydrogens is 463 g/mol. The molecule has 0 aromatic heterocycles. The van der Waals surface area contributed by atoms with Crippen LogP contribution in [0.25, 0.3) is 4.85 Å². The minimum atomic E-state index is -1.01. The Hall–Kier alpha value is -3.93. The summed E-state index contributed by atoms with van der Waals surface area (Å²) in [5.41, 5.74) is 0.539. The standard InChI is InChI=1S/C27H29FN4O4/c1-16(2)12-21(31(4)24(33)17-10-11-22(36-5)19(28)13-17)25(34)32-15-27(14-23(32)29-3)18-8-6-7-9-20(18)30-26(27)35/h6-11,13,16,21,23H,12,14-15H2,1-2,4-5H3,(H,30,35)/t21-,23-,27-/m0/s1. The second-order valence-corrected chi connectivity index (χ2v) is 9.77. The van der Waals surface area contributed by atoms with Crippen LogP contribution in [0.5, 0.6) is 5.75 Å². The third kappa shape index (κ3) is 4.17. The molecule has 0 saturated carbocycles. The molecule has 0 radical (unpaired) electrons. The highest BCUT2D eigenvalue weighted by atomic mass is 19.1. The topological polar surface area (TPSA) is 83.3 Å². The van der Waals surface area contributed by atoms with Crippen LogP contribution < -0.4 is 10.1 Å². The smallest absolute Gasteiger partial charge is 0.302 e. The lowest BCUT2D eigenvalue weighted by Gasteiger charge is -2.32. The van der Waals surface area contributed by atoms with E-state index >= 15 is 0 Å². The predicted octanol–water partition coefficient (Wildman–Crippen LogP) is 3.69. The largest absolute Gasteiger partial charge is 0.494 e. The van der Waals surface area contributed by atoms with Gasteiger partial charge in [-0.25, -0.2) is 11.0 Å². The number of anilines is 1. The van der Waals surface area contributed by atoms with Crippen LogP contribution in [0, 0.1) is 18.3 Å². The number of amides is 3. The third-order valence-corrected chi connectivity index (χ3v) is 7.05. The molecule has 1 fully saturated rings. The molecule has 9 heteroatoms. The van der Waals surface area contributed by atoms with E-state index in [4.69, 9.17) is 11.3 Å². The monoisotopic (exact) mass is 492 g/mol. The van der Waals surface area contributed by atoms with Crippen molar-refractivity contribution in [2.75, 3.05) is 26.0 Å². The van der Waals surface area contributed by atoms with Crippen molar-refractivity contribution in [3.05, 3.63) is 70.8 Å². The van der Waals surface area contributed by atoms with Gasteiger partial charge in [-0.1, -0.05) is 32.0 Å². The fourth-order valence-electron chi connectivity index (χ4n) is 5.16. The average molecular weight is 493 g/mol. The Morgan fingerprint density at radius 1 is 1.31 bits per heavy atom. The Morgan fingerprint density at radius 3 is 2.67 bits per heavy atom. The number of fused-ring (bicyclic) bond motifs is 2. The van der Waals surface area contributed by atoms with Crippen LogP contribution in [0.3, 0.4) is 0 Å². The lowest BCUT2D eigenvalue weighted by Crippen LogP contribution is -2.51. The van der Waals surface area contributed by atoms with Gasteiger partial charge in [0.2, 0.25) is 5.91 Å². The summed E-state index contributed by atoms with van der Waals surface area (Å²) in [5.74, 6) is -1.76. The van der Waals surface area contributed by atoms with Gasteiger partial charge in [-0.05, 0) is 42.2 Å². The van der Waals surface area contributed by atoms with Gasteiger partial charge in [0, 0.05) is 24.8 Å². The molecule has 188 valence electrons. The number of carbonyl (C=O) groups is 3. The van der Waals surface area contributed by atoms with Crippen LogP contribution >= 0.6 is 0 Å². The van der Waals surface area contributed by atoms with Crippen molar-refractivity contribution >= 4 is 23.4 Å². The number of benzene rings is 2. The summed E-state index contributed by atoms with van der Waals surface area (Å²) >= 11 is 0. The van der Waals surface area contributed by atoms with Gasteiger partial charge in [-0.15, -0.1) is 0 Å². The zero-order chi connectivity index (χ0) is 26.2. The molecule has 3 amide bonds.